The molecular weight excluding hydrogens is 186 g/mol. The van der Waals surface area contributed by atoms with Crippen LogP contribution in [0.3, 0.4) is 0 Å². The molecule has 2 heteroatoms. The van der Waals surface area contributed by atoms with E-state index in [4.69, 9.17) is 4.74 Å². The highest BCUT2D eigenvalue weighted by molar-refractivity contribution is 4.89. The van der Waals surface area contributed by atoms with Crippen molar-refractivity contribution in [3.05, 3.63) is 12.3 Å². The second-order valence-corrected chi connectivity index (χ2v) is 3.91. The second-order valence-electron chi connectivity index (χ2n) is 3.91. The van der Waals surface area contributed by atoms with E-state index in [-0.39, 0.29) is 0 Å². The molecule has 90 valence electrons. The maximum Gasteiger partial charge on any atom is 0.0890 e. The average molecular weight is 213 g/mol. The number of allylic oxidation sites excluding steroid dienone is 1. The summed E-state index contributed by atoms with van der Waals surface area (Å²) in [4.78, 5) is 0. The Labute approximate surface area is 95.1 Å². The Hall–Kier alpha value is -0.500. The summed E-state index contributed by atoms with van der Waals surface area (Å²) in [5, 5.41) is 3.40. The molecule has 1 aliphatic rings. The van der Waals surface area contributed by atoms with Crippen molar-refractivity contribution >= 4 is 0 Å². The SMILES string of the molecule is C=C(CC1CCNCC1C)OCC.CC. The largest absolute Gasteiger partial charge is 0.499 e. The minimum absolute atomic E-state index is 0.748. The van der Waals surface area contributed by atoms with Gasteiger partial charge in [0.25, 0.3) is 0 Å². The van der Waals surface area contributed by atoms with Crippen molar-refractivity contribution in [3.63, 3.8) is 0 Å². The topological polar surface area (TPSA) is 21.3 Å². The predicted octanol–water partition coefficient (Wildman–Crippen LogP) is 3.20. The van der Waals surface area contributed by atoms with Crippen molar-refractivity contribution in [2.45, 2.75) is 40.5 Å². The van der Waals surface area contributed by atoms with Crippen LogP contribution in [0, 0.1) is 11.8 Å². The van der Waals surface area contributed by atoms with E-state index in [9.17, 15) is 0 Å². The molecule has 2 unspecified atom stereocenters. The first kappa shape index (κ1) is 14.5. The number of nitrogens with one attached hydrogen (secondary N) is 1. The van der Waals surface area contributed by atoms with E-state index in [1.54, 1.807) is 0 Å². The molecule has 1 saturated heterocycles. The lowest BCUT2D eigenvalue weighted by molar-refractivity contribution is 0.181. The summed E-state index contributed by atoms with van der Waals surface area (Å²) in [6.07, 6.45) is 2.30. The molecule has 0 bridgehead atoms. The van der Waals surface area contributed by atoms with E-state index in [2.05, 4.69) is 18.8 Å². The first-order chi connectivity index (χ1) is 7.24. The molecule has 0 aliphatic carbocycles. The number of rotatable bonds is 4. The molecule has 2 atom stereocenters. The molecule has 0 saturated carbocycles. The zero-order valence-electron chi connectivity index (χ0n) is 10.8. The maximum absolute atomic E-state index is 5.38. The Morgan fingerprint density at radius 3 is 2.67 bits per heavy atom. The van der Waals surface area contributed by atoms with Crippen LogP contribution in [-0.2, 0) is 4.74 Å². The van der Waals surface area contributed by atoms with Crippen molar-refractivity contribution in [3.8, 4) is 0 Å². The van der Waals surface area contributed by atoms with E-state index in [1.807, 2.05) is 20.8 Å². The Bertz CT molecular complexity index is 168. The summed E-state index contributed by atoms with van der Waals surface area (Å²) in [5.41, 5.74) is 0. The average Bonchev–Trinajstić information content (AvgIpc) is 2.25. The van der Waals surface area contributed by atoms with Gasteiger partial charge in [0.05, 0.1) is 12.4 Å². The highest BCUT2D eigenvalue weighted by atomic mass is 16.5. The molecule has 2 nitrogen and oxygen atoms in total. The monoisotopic (exact) mass is 213 g/mol. The van der Waals surface area contributed by atoms with E-state index in [0.29, 0.717) is 0 Å². The maximum atomic E-state index is 5.38. The molecule has 0 aromatic heterocycles. The molecule has 0 radical (unpaired) electrons. The van der Waals surface area contributed by atoms with Crippen LogP contribution in [0.5, 0.6) is 0 Å². The van der Waals surface area contributed by atoms with Crippen molar-refractivity contribution in [1.29, 1.82) is 0 Å². The third-order valence-corrected chi connectivity index (χ3v) is 2.80. The standard InChI is InChI=1S/C11H21NO.C2H6/c1-4-13-10(3)7-11-5-6-12-8-9(11)2;1-2/h9,11-12H,3-8H2,1-2H3;1-2H3. The van der Waals surface area contributed by atoms with Gasteiger partial charge in [-0.3, -0.25) is 0 Å². The third kappa shape index (κ3) is 5.83. The molecule has 0 amide bonds. The van der Waals surface area contributed by atoms with Crippen LogP contribution in [0.25, 0.3) is 0 Å². The van der Waals surface area contributed by atoms with Crippen LogP contribution in [0.2, 0.25) is 0 Å². The number of ether oxygens (including phenoxy) is 1. The van der Waals surface area contributed by atoms with Gasteiger partial charge in [0.2, 0.25) is 0 Å². The molecule has 0 aromatic carbocycles. The predicted molar refractivity (Wildman–Crippen MR) is 66.9 cm³/mol. The quantitative estimate of drug-likeness (QED) is 0.724. The molecule has 1 heterocycles. The summed E-state index contributed by atoms with van der Waals surface area (Å²) in [6, 6.07) is 0. The molecule has 0 aromatic rings. The minimum Gasteiger partial charge on any atom is -0.499 e. The van der Waals surface area contributed by atoms with Crippen molar-refractivity contribution < 1.29 is 4.74 Å². The second kappa shape index (κ2) is 8.78. The summed E-state index contributed by atoms with van der Waals surface area (Å²) >= 11 is 0. The smallest absolute Gasteiger partial charge is 0.0890 e. The van der Waals surface area contributed by atoms with Crippen LogP contribution in [0.4, 0.5) is 0 Å². The van der Waals surface area contributed by atoms with Crippen molar-refractivity contribution in [2.75, 3.05) is 19.7 Å². The van der Waals surface area contributed by atoms with Crippen molar-refractivity contribution in [2.24, 2.45) is 11.8 Å². The summed E-state index contributed by atoms with van der Waals surface area (Å²) in [5.74, 6) is 2.48. The van der Waals surface area contributed by atoms with Crippen molar-refractivity contribution in [1.82, 2.24) is 5.32 Å². The first-order valence-electron chi connectivity index (χ1n) is 6.25. The zero-order chi connectivity index (χ0) is 11.7. The fourth-order valence-electron chi connectivity index (χ4n) is 1.93. The van der Waals surface area contributed by atoms with Crippen LogP contribution in [0.15, 0.2) is 12.3 Å². The van der Waals surface area contributed by atoms with Gasteiger partial charge in [-0.05, 0) is 38.3 Å². The molecular formula is C13H27NO. The van der Waals surface area contributed by atoms with Crippen LogP contribution in [0.1, 0.15) is 40.5 Å². The molecule has 15 heavy (non-hydrogen) atoms. The number of hydrogen-bond donors (Lipinski definition) is 1. The van der Waals surface area contributed by atoms with Gasteiger partial charge in [-0.2, -0.15) is 0 Å². The summed E-state index contributed by atoms with van der Waals surface area (Å²) in [6.45, 7) is 15.3. The normalized spacial score (nSPS) is 25.1. The van der Waals surface area contributed by atoms with Crippen LogP contribution in [-0.4, -0.2) is 19.7 Å². The molecule has 0 spiro atoms. The fraction of sp³-hybridized carbons (Fsp3) is 0.846. The van der Waals surface area contributed by atoms with E-state index in [0.717, 1.165) is 43.7 Å². The highest BCUT2D eigenvalue weighted by Crippen LogP contribution is 2.25. The summed E-state index contributed by atoms with van der Waals surface area (Å²) in [7, 11) is 0. The van der Waals surface area contributed by atoms with Gasteiger partial charge in [-0.15, -0.1) is 0 Å². The molecule has 1 rings (SSSR count). The van der Waals surface area contributed by atoms with Gasteiger partial charge in [0.1, 0.15) is 0 Å². The van der Waals surface area contributed by atoms with Gasteiger partial charge in [0, 0.05) is 6.42 Å². The number of hydrogen-bond acceptors (Lipinski definition) is 2. The molecule has 1 aliphatic heterocycles. The molecule has 1 fully saturated rings. The van der Waals surface area contributed by atoms with Gasteiger partial charge < -0.3 is 10.1 Å². The van der Waals surface area contributed by atoms with E-state index >= 15 is 0 Å². The third-order valence-electron chi connectivity index (χ3n) is 2.80. The molecule has 1 N–H and O–H groups in total. The Kier molecular flexibility index (Phi) is 8.49. The minimum atomic E-state index is 0.748. The van der Waals surface area contributed by atoms with Crippen LogP contribution >= 0.6 is 0 Å². The van der Waals surface area contributed by atoms with E-state index in [1.165, 1.54) is 6.42 Å². The lowest BCUT2D eigenvalue weighted by atomic mass is 9.85. The zero-order valence-corrected chi connectivity index (χ0v) is 10.8. The highest BCUT2D eigenvalue weighted by Gasteiger charge is 2.21. The lowest BCUT2D eigenvalue weighted by Gasteiger charge is -2.29. The summed E-state index contributed by atoms with van der Waals surface area (Å²) < 4.78 is 5.38. The Morgan fingerprint density at radius 2 is 2.13 bits per heavy atom. The van der Waals surface area contributed by atoms with Crippen LogP contribution < -0.4 is 5.32 Å². The van der Waals surface area contributed by atoms with E-state index < -0.39 is 0 Å². The lowest BCUT2D eigenvalue weighted by Crippen LogP contribution is -2.35. The Balaban J connectivity index is 0.000000921. The number of piperidine rings is 1. The van der Waals surface area contributed by atoms with Gasteiger partial charge >= 0.3 is 0 Å². The Morgan fingerprint density at radius 1 is 1.47 bits per heavy atom. The van der Waals surface area contributed by atoms with Gasteiger partial charge in [0.15, 0.2) is 0 Å². The first-order valence-corrected chi connectivity index (χ1v) is 6.25. The van der Waals surface area contributed by atoms with Gasteiger partial charge in [-0.25, -0.2) is 0 Å². The van der Waals surface area contributed by atoms with Gasteiger partial charge in [-0.1, -0.05) is 27.4 Å². The fourth-order valence-corrected chi connectivity index (χ4v) is 1.93.